The van der Waals surface area contributed by atoms with E-state index in [9.17, 15) is 0 Å². The Balaban J connectivity index is 1.05. The third-order valence-electron chi connectivity index (χ3n) is 11.4. The van der Waals surface area contributed by atoms with Crippen LogP contribution in [-0.2, 0) is 0 Å². The lowest BCUT2D eigenvalue weighted by Gasteiger charge is -2.14. The number of benzene rings is 9. The normalized spacial score (nSPS) is 11.9. The number of hydrogen-bond acceptors (Lipinski definition) is 3. The van der Waals surface area contributed by atoms with Gasteiger partial charge in [-0.05, 0) is 87.3 Å². The van der Waals surface area contributed by atoms with E-state index >= 15 is 0 Å². The van der Waals surface area contributed by atoms with E-state index in [1.807, 2.05) is 11.3 Å². The molecule has 0 amide bonds. The SMILES string of the molecule is c1ccc(-n2c3ccccc3c3ccc(-c4nc(-c5ccc(-c6ccc7ccc8sc9ccccc9c8c7c6)c6ccccc56)nc5ccccc45)cc32)cc1. The van der Waals surface area contributed by atoms with Crippen LogP contribution < -0.4 is 0 Å². The summed E-state index contributed by atoms with van der Waals surface area (Å²) in [7, 11) is 0. The van der Waals surface area contributed by atoms with Crippen LogP contribution in [-0.4, -0.2) is 14.5 Å². The molecule has 0 unspecified atom stereocenters. The third kappa shape index (κ3) is 4.70. The van der Waals surface area contributed by atoms with Gasteiger partial charge in [0.25, 0.3) is 0 Å². The summed E-state index contributed by atoms with van der Waals surface area (Å²) in [6.45, 7) is 0. The van der Waals surface area contributed by atoms with Crippen LogP contribution >= 0.6 is 11.3 Å². The molecule has 56 heavy (non-hydrogen) atoms. The second-order valence-electron chi connectivity index (χ2n) is 14.5. The molecule has 0 bridgehead atoms. The molecular formula is C52H31N3S. The van der Waals surface area contributed by atoms with Gasteiger partial charge in [0.2, 0.25) is 0 Å². The van der Waals surface area contributed by atoms with Crippen molar-refractivity contribution in [3.8, 4) is 39.5 Å². The minimum atomic E-state index is 0.718. The van der Waals surface area contributed by atoms with Gasteiger partial charge in [0.05, 0.1) is 22.2 Å². The molecule has 0 spiro atoms. The molecule has 0 saturated heterocycles. The van der Waals surface area contributed by atoms with E-state index in [1.165, 1.54) is 63.7 Å². The fourth-order valence-electron chi connectivity index (χ4n) is 8.85. The van der Waals surface area contributed by atoms with Gasteiger partial charge in [-0.15, -0.1) is 11.3 Å². The predicted molar refractivity (Wildman–Crippen MR) is 238 cm³/mol. The van der Waals surface area contributed by atoms with Crippen LogP contribution in [0.3, 0.4) is 0 Å². The molecule has 0 N–H and O–H groups in total. The van der Waals surface area contributed by atoms with Crippen molar-refractivity contribution in [2.75, 3.05) is 0 Å². The Morgan fingerprint density at radius 3 is 1.93 bits per heavy atom. The molecule has 9 aromatic carbocycles. The van der Waals surface area contributed by atoms with Crippen molar-refractivity contribution in [2.45, 2.75) is 0 Å². The minimum Gasteiger partial charge on any atom is -0.309 e. The fraction of sp³-hybridized carbons (Fsp3) is 0. The van der Waals surface area contributed by atoms with Gasteiger partial charge in [0.1, 0.15) is 0 Å². The average Bonchev–Trinajstić information content (AvgIpc) is 3.81. The lowest BCUT2D eigenvalue weighted by Crippen LogP contribution is -1.97. The highest BCUT2D eigenvalue weighted by molar-refractivity contribution is 7.26. The molecule has 12 aromatic rings. The summed E-state index contributed by atoms with van der Waals surface area (Å²) in [5, 5.41) is 11.0. The van der Waals surface area contributed by atoms with Gasteiger partial charge >= 0.3 is 0 Å². The maximum atomic E-state index is 5.44. The zero-order valence-corrected chi connectivity index (χ0v) is 31.0. The predicted octanol–water partition coefficient (Wildman–Crippen LogP) is 14.4. The first-order valence-corrected chi connectivity index (χ1v) is 19.8. The molecule has 0 radical (unpaired) electrons. The van der Waals surface area contributed by atoms with Crippen molar-refractivity contribution >= 4 is 85.8 Å². The monoisotopic (exact) mass is 729 g/mol. The Labute approximate surface area is 326 Å². The Kier molecular flexibility index (Phi) is 6.80. The van der Waals surface area contributed by atoms with E-state index < -0.39 is 0 Å². The van der Waals surface area contributed by atoms with Crippen molar-refractivity contribution in [1.82, 2.24) is 14.5 Å². The van der Waals surface area contributed by atoms with Gasteiger partial charge in [-0.1, -0.05) is 133 Å². The molecule has 260 valence electrons. The molecule has 3 nitrogen and oxygen atoms in total. The number of nitrogens with zero attached hydrogens (tertiary/aromatic N) is 3. The molecule has 0 aliphatic rings. The van der Waals surface area contributed by atoms with E-state index in [4.69, 9.17) is 9.97 Å². The summed E-state index contributed by atoms with van der Waals surface area (Å²) >= 11 is 1.87. The largest absolute Gasteiger partial charge is 0.309 e. The number of aromatic nitrogens is 3. The van der Waals surface area contributed by atoms with Crippen LogP contribution in [0.25, 0.3) is 114 Å². The van der Waals surface area contributed by atoms with Crippen LogP contribution in [0.4, 0.5) is 0 Å². The number of hydrogen-bond donors (Lipinski definition) is 0. The lowest BCUT2D eigenvalue weighted by atomic mass is 9.92. The second kappa shape index (κ2) is 12.2. The van der Waals surface area contributed by atoms with Gasteiger partial charge in [0, 0.05) is 53.1 Å². The summed E-state index contributed by atoms with van der Waals surface area (Å²) in [6, 6.07) is 67.8. The topological polar surface area (TPSA) is 30.7 Å². The number of para-hydroxylation sites is 3. The Morgan fingerprint density at radius 2 is 1.05 bits per heavy atom. The summed E-state index contributed by atoms with van der Waals surface area (Å²) in [5.74, 6) is 0.718. The summed E-state index contributed by atoms with van der Waals surface area (Å²) in [5.41, 5.74) is 9.79. The standard InChI is InChI=1S/C52H31N3S/c1-2-12-35(13-3-1)55-46-20-10-7-16-39(46)40-26-24-34(31-47(40)55)51-42-17-6-9-19-45(42)53-52(54-51)41-28-27-36(37-14-4-5-15-38(37)41)33-23-22-32-25-29-49-50(44(32)30-33)43-18-8-11-21-48(43)56-49/h1-31H. The van der Waals surface area contributed by atoms with Crippen molar-refractivity contribution < 1.29 is 0 Å². The van der Waals surface area contributed by atoms with Crippen LogP contribution in [0.15, 0.2) is 188 Å². The second-order valence-corrected chi connectivity index (χ2v) is 15.6. The first kappa shape index (κ1) is 31.2. The van der Waals surface area contributed by atoms with E-state index in [-0.39, 0.29) is 0 Å². The molecule has 0 aliphatic heterocycles. The Bertz CT molecular complexity index is 3540. The lowest BCUT2D eigenvalue weighted by molar-refractivity contribution is 1.18. The number of rotatable bonds is 4. The highest BCUT2D eigenvalue weighted by Gasteiger charge is 2.19. The van der Waals surface area contributed by atoms with Gasteiger partial charge in [-0.3, -0.25) is 0 Å². The summed E-state index contributed by atoms with van der Waals surface area (Å²) < 4.78 is 5.01. The van der Waals surface area contributed by atoms with Gasteiger partial charge in [0.15, 0.2) is 5.82 Å². The highest BCUT2D eigenvalue weighted by atomic mass is 32.1. The minimum absolute atomic E-state index is 0.718. The zero-order chi connectivity index (χ0) is 36.7. The van der Waals surface area contributed by atoms with Gasteiger partial charge in [-0.25, -0.2) is 9.97 Å². The van der Waals surface area contributed by atoms with Crippen LogP contribution in [0.1, 0.15) is 0 Å². The smallest absolute Gasteiger partial charge is 0.161 e. The van der Waals surface area contributed by atoms with Gasteiger partial charge < -0.3 is 4.57 Å². The maximum absolute atomic E-state index is 5.44. The molecular weight excluding hydrogens is 699 g/mol. The van der Waals surface area contributed by atoms with Crippen molar-refractivity contribution in [3.05, 3.63) is 188 Å². The van der Waals surface area contributed by atoms with E-state index in [1.54, 1.807) is 0 Å². The quantitative estimate of drug-likeness (QED) is 0.181. The van der Waals surface area contributed by atoms with E-state index in [0.717, 1.165) is 50.1 Å². The van der Waals surface area contributed by atoms with E-state index in [2.05, 4.69) is 193 Å². The van der Waals surface area contributed by atoms with Crippen LogP contribution in [0.2, 0.25) is 0 Å². The molecule has 3 aromatic heterocycles. The first-order chi connectivity index (χ1) is 27.8. The van der Waals surface area contributed by atoms with Crippen LogP contribution in [0.5, 0.6) is 0 Å². The molecule has 0 fully saturated rings. The Hall–Kier alpha value is -7.14. The average molecular weight is 730 g/mol. The molecule has 4 heteroatoms. The maximum Gasteiger partial charge on any atom is 0.161 e. The van der Waals surface area contributed by atoms with E-state index in [0.29, 0.717) is 0 Å². The summed E-state index contributed by atoms with van der Waals surface area (Å²) in [6.07, 6.45) is 0. The van der Waals surface area contributed by atoms with Crippen molar-refractivity contribution in [3.63, 3.8) is 0 Å². The highest BCUT2D eigenvalue weighted by Crippen LogP contribution is 2.42. The summed E-state index contributed by atoms with van der Waals surface area (Å²) in [4.78, 5) is 10.7. The molecule has 12 rings (SSSR count). The van der Waals surface area contributed by atoms with Gasteiger partial charge in [-0.2, -0.15) is 0 Å². The first-order valence-electron chi connectivity index (χ1n) is 19.0. The molecule has 0 saturated carbocycles. The number of thiophene rings is 1. The fourth-order valence-corrected chi connectivity index (χ4v) is 9.97. The number of fused-ring (bicyclic) bond motifs is 10. The third-order valence-corrected chi connectivity index (χ3v) is 12.5. The molecule has 0 atom stereocenters. The van der Waals surface area contributed by atoms with Crippen molar-refractivity contribution in [2.24, 2.45) is 0 Å². The van der Waals surface area contributed by atoms with Crippen LogP contribution in [0, 0.1) is 0 Å². The molecule has 0 aliphatic carbocycles. The zero-order valence-electron chi connectivity index (χ0n) is 30.1. The molecule has 3 heterocycles. The Morgan fingerprint density at radius 1 is 0.393 bits per heavy atom. The van der Waals surface area contributed by atoms with Crippen molar-refractivity contribution in [1.29, 1.82) is 0 Å².